The summed E-state index contributed by atoms with van der Waals surface area (Å²) in [5.41, 5.74) is -1.18. The van der Waals surface area contributed by atoms with Crippen molar-refractivity contribution in [3.63, 3.8) is 0 Å². The zero-order valence-electron chi connectivity index (χ0n) is 20.0. The summed E-state index contributed by atoms with van der Waals surface area (Å²) in [6.45, 7) is 1.60. The molecule has 1 aliphatic carbocycles. The number of hydrogen-bond donors (Lipinski definition) is 2. The van der Waals surface area contributed by atoms with E-state index < -0.39 is 23.4 Å². The smallest absolute Gasteiger partial charge is 0.417 e. The summed E-state index contributed by atoms with van der Waals surface area (Å²) < 4.78 is 38.7. The Morgan fingerprint density at radius 3 is 2.30 bits per heavy atom. The van der Waals surface area contributed by atoms with Crippen molar-refractivity contribution in [3.05, 3.63) is 58.7 Å². The highest BCUT2D eigenvalue weighted by molar-refractivity contribution is 6.30. The summed E-state index contributed by atoms with van der Waals surface area (Å²) >= 11 is 6.09. The minimum absolute atomic E-state index is 0.0909. The summed E-state index contributed by atoms with van der Waals surface area (Å²) in [5, 5.41) is 14.1. The number of carbonyl (C=O) groups is 2. The first-order valence-electron chi connectivity index (χ1n) is 12.4. The molecule has 2 saturated heterocycles. The van der Waals surface area contributed by atoms with E-state index in [1.807, 2.05) is 17.0 Å². The number of carbonyl (C=O) groups excluding carboxylic acids is 1. The maximum Gasteiger partial charge on any atom is 0.417 e. The van der Waals surface area contributed by atoms with Crippen molar-refractivity contribution in [2.45, 2.75) is 49.4 Å². The SMILES string of the molecule is O=C(O)N(C1CC1)[C@]1(C(=O)C2CCN(c3ccc(C(F)(F)F)cn3)CC2)CNC[C@H]1c1ccc(Cl)cc1. The van der Waals surface area contributed by atoms with Crippen LogP contribution in [-0.2, 0) is 11.0 Å². The van der Waals surface area contributed by atoms with E-state index in [2.05, 4.69) is 10.3 Å². The number of piperidine rings is 1. The van der Waals surface area contributed by atoms with Crippen molar-refractivity contribution in [2.24, 2.45) is 5.92 Å². The van der Waals surface area contributed by atoms with Crippen LogP contribution in [0, 0.1) is 5.92 Å². The monoisotopic (exact) mass is 536 g/mol. The van der Waals surface area contributed by atoms with E-state index in [1.54, 1.807) is 12.1 Å². The molecule has 1 aromatic carbocycles. The van der Waals surface area contributed by atoms with Gasteiger partial charge in [-0.2, -0.15) is 13.2 Å². The summed E-state index contributed by atoms with van der Waals surface area (Å²) in [6, 6.07) is 9.39. The van der Waals surface area contributed by atoms with Gasteiger partial charge in [0.25, 0.3) is 0 Å². The lowest BCUT2D eigenvalue weighted by atomic mass is 9.71. The minimum Gasteiger partial charge on any atom is -0.465 e. The Kier molecular flexibility index (Phi) is 6.83. The Morgan fingerprint density at radius 2 is 1.76 bits per heavy atom. The Balaban J connectivity index is 1.39. The third-order valence-electron chi connectivity index (χ3n) is 7.83. The van der Waals surface area contributed by atoms with Gasteiger partial charge in [0, 0.05) is 55.3 Å². The topological polar surface area (TPSA) is 85.8 Å². The van der Waals surface area contributed by atoms with Crippen molar-refractivity contribution >= 4 is 29.3 Å². The second-order valence-corrected chi connectivity index (χ2v) is 10.5. The Labute approximate surface area is 217 Å². The first kappa shape index (κ1) is 25.8. The van der Waals surface area contributed by atoms with Crippen LogP contribution in [0.2, 0.25) is 5.02 Å². The van der Waals surface area contributed by atoms with E-state index in [0.717, 1.165) is 30.7 Å². The van der Waals surface area contributed by atoms with Crippen LogP contribution in [0.3, 0.4) is 0 Å². The fraction of sp³-hybridized carbons (Fsp3) is 0.500. The molecule has 1 aromatic heterocycles. The number of hydrogen-bond acceptors (Lipinski definition) is 5. The average molecular weight is 537 g/mol. The largest absolute Gasteiger partial charge is 0.465 e. The second-order valence-electron chi connectivity index (χ2n) is 10.1. The van der Waals surface area contributed by atoms with Crippen molar-refractivity contribution in [1.82, 2.24) is 15.2 Å². The van der Waals surface area contributed by atoms with Gasteiger partial charge in [0.1, 0.15) is 11.4 Å². The van der Waals surface area contributed by atoms with E-state index in [0.29, 0.717) is 43.3 Å². The van der Waals surface area contributed by atoms with Gasteiger partial charge >= 0.3 is 12.3 Å². The molecule has 0 spiro atoms. The maximum atomic E-state index is 14.3. The molecule has 1 amide bonds. The van der Waals surface area contributed by atoms with Gasteiger partial charge in [-0.15, -0.1) is 0 Å². The molecule has 2 atom stereocenters. The number of alkyl halides is 3. The predicted molar refractivity (Wildman–Crippen MR) is 132 cm³/mol. The summed E-state index contributed by atoms with van der Waals surface area (Å²) in [5.74, 6) is -0.392. The van der Waals surface area contributed by atoms with Gasteiger partial charge in [0.05, 0.1) is 5.56 Å². The molecule has 0 unspecified atom stereocenters. The number of pyridine rings is 1. The van der Waals surface area contributed by atoms with Crippen LogP contribution in [0.25, 0.3) is 0 Å². The highest BCUT2D eigenvalue weighted by atomic mass is 35.5. The highest BCUT2D eigenvalue weighted by Gasteiger charge is 2.60. The number of ketones is 1. The van der Waals surface area contributed by atoms with Gasteiger partial charge < -0.3 is 15.3 Å². The fourth-order valence-electron chi connectivity index (χ4n) is 5.87. The van der Waals surface area contributed by atoms with Gasteiger partial charge in [0.2, 0.25) is 0 Å². The summed E-state index contributed by atoms with van der Waals surface area (Å²) in [7, 11) is 0. The third-order valence-corrected chi connectivity index (χ3v) is 8.08. The fourth-order valence-corrected chi connectivity index (χ4v) is 5.99. The first-order valence-corrected chi connectivity index (χ1v) is 12.8. The van der Waals surface area contributed by atoms with E-state index in [9.17, 15) is 27.9 Å². The van der Waals surface area contributed by atoms with Gasteiger partial charge in [-0.25, -0.2) is 9.78 Å². The standard InChI is InChI=1S/C26H28ClF3N4O3/c27-19-4-1-16(2-5-19)21-14-31-15-25(21,34(24(36)37)20-6-7-20)23(35)17-9-11-33(12-10-17)22-8-3-18(13-32-22)26(28,29)30/h1-5,8,13,17,20-21,31H,6-7,9-12,14-15H2,(H,36,37)/t21-,25+/m0/s1. The molecule has 0 bridgehead atoms. The number of amides is 1. The van der Waals surface area contributed by atoms with Gasteiger partial charge in [-0.3, -0.25) is 9.69 Å². The second kappa shape index (κ2) is 9.79. The molecule has 3 heterocycles. The van der Waals surface area contributed by atoms with Crippen molar-refractivity contribution in [2.75, 3.05) is 31.1 Å². The zero-order chi connectivity index (χ0) is 26.4. The van der Waals surface area contributed by atoms with Crippen LogP contribution in [0.15, 0.2) is 42.6 Å². The Bertz CT molecular complexity index is 1150. The molecule has 1 saturated carbocycles. The lowest BCUT2D eigenvalue weighted by Gasteiger charge is -2.45. The number of benzene rings is 1. The third kappa shape index (κ3) is 4.88. The number of rotatable bonds is 6. The molecule has 198 valence electrons. The van der Waals surface area contributed by atoms with Crippen molar-refractivity contribution < 1.29 is 27.9 Å². The molecule has 7 nitrogen and oxygen atoms in total. The predicted octanol–water partition coefficient (Wildman–Crippen LogP) is 4.81. The zero-order valence-corrected chi connectivity index (χ0v) is 20.8. The molecule has 37 heavy (non-hydrogen) atoms. The molecule has 0 radical (unpaired) electrons. The molecular formula is C26H28ClF3N4O3. The Morgan fingerprint density at radius 1 is 1.08 bits per heavy atom. The molecule has 11 heteroatoms. The lowest BCUT2D eigenvalue weighted by Crippen LogP contribution is -2.64. The Hall–Kier alpha value is -2.85. The van der Waals surface area contributed by atoms with Crippen LogP contribution in [0.5, 0.6) is 0 Å². The van der Waals surface area contributed by atoms with Gasteiger partial charge in [-0.1, -0.05) is 23.7 Å². The van der Waals surface area contributed by atoms with Crippen molar-refractivity contribution in [3.8, 4) is 0 Å². The van der Waals surface area contributed by atoms with E-state index in [4.69, 9.17) is 11.6 Å². The van der Waals surface area contributed by atoms with Crippen molar-refractivity contribution in [1.29, 1.82) is 0 Å². The number of nitrogens with zero attached hydrogens (tertiary/aromatic N) is 3. The average Bonchev–Trinajstić information content (AvgIpc) is 3.61. The van der Waals surface area contributed by atoms with Crippen LogP contribution in [0.1, 0.15) is 42.7 Å². The number of Topliss-reactive ketones (excluding diaryl/α,β-unsaturated/α-hetero) is 1. The lowest BCUT2D eigenvalue weighted by molar-refractivity contribution is -0.138. The van der Waals surface area contributed by atoms with Crippen LogP contribution >= 0.6 is 11.6 Å². The molecule has 5 rings (SSSR count). The summed E-state index contributed by atoms with van der Waals surface area (Å²) in [4.78, 5) is 34.1. The number of anilines is 1. The van der Waals surface area contributed by atoms with E-state index in [1.165, 1.54) is 11.0 Å². The number of halogens is 4. The van der Waals surface area contributed by atoms with Crippen LogP contribution < -0.4 is 10.2 Å². The molecular weight excluding hydrogens is 509 g/mol. The molecule has 2 N–H and O–H groups in total. The van der Waals surface area contributed by atoms with E-state index in [-0.39, 0.29) is 30.2 Å². The highest BCUT2D eigenvalue weighted by Crippen LogP contribution is 2.46. The molecule has 2 aromatic rings. The molecule has 3 aliphatic rings. The summed E-state index contributed by atoms with van der Waals surface area (Å²) in [6.07, 6.45) is -2.33. The first-order chi connectivity index (χ1) is 17.6. The molecule has 2 aliphatic heterocycles. The van der Waals surface area contributed by atoms with Crippen LogP contribution in [-0.4, -0.2) is 64.6 Å². The maximum absolute atomic E-state index is 14.3. The number of aromatic nitrogens is 1. The van der Waals surface area contributed by atoms with Gasteiger partial charge in [-0.05, 0) is 55.5 Å². The number of nitrogens with one attached hydrogen (secondary N) is 1. The van der Waals surface area contributed by atoms with Crippen LogP contribution in [0.4, 0.5) is 23.8 Å². The molecule has 3 fully saturated rings. The van der Waals surface area contributed by atoms with E-state index >= 15 is 0 Å². The minimum atomic E-state index is -4.45. The normalized spacial score (nSPS) is 24.8. The quantitative estimate of drug-likeness (QED) is 0.551. The number of carboxylic acid groups (broad SMARTS) is 1. The van der Waals surface area contributed by atoms with Gasteiger partial charge in [0.15, 0.2) is 5.78 Å².